The summed E-state index contributed by atoms with van der Waals surface area (Å²) in [5.74, 6) is 0. The molecule has 0 aromatic heterocycles. The Morgan fingerprint density at radius 3 is 1.84 bits per heavy atom. The van der Waals surface area contributed by atoms with Gasteiger partial charge in [-0.05, 0) is 35.4 Å². The number of hydrogen-bond acceptors (Lipinski definition) is 4. The maximum Gasteiger partial charge on any atom is 0.240 e. The van der Waals surface area contributed by atoms with Crippen LogP contribution in [0.2, 0.25) is 0 Å². The first-order chi connectivity index (χ1) is 8.38. The molecule has 0 saturated carbocycles. The molecule has 0 fully saturated rings. The zero-order valence-corrected chi connectivity index (χ0v) is 10.3. The number of nitrogen functional groups attached to an aromatic ring is 2. The molecule has 0 amide bonds. The standard InChI is InChI=1S/C12H13N3O2S.CH4/c13-10-4-1-8(2-5-10)9-3-6-12(11(14)7-9)18(15,16)17;/h1-7H,13-14H2,(H2,15,16,17);1H4. The quantitative estimate of drug-likeness (QED) is 0.727. The van der Waals surface area contributed by atoms with E-state index < -0.39 is 10.0 Å². The number of rotatable bonds is 2. The van der Waals surface area contributed by atoms with E-state index in [1.807, 2.05) is 12.1 Å². The van der Waals surface area contributed by atoms with Gasteiger partial charge in [0.1, 0.15) is 4.90 Å². The molecule has 0 bridgehead atoms. The van der Waals surface area contributed by atoms with Crippen LogP contribution in [0, 0.1) is 0 Å². The van der Waals surface area contributed by atoms with Crippen LogP contribution in [0.1, 0.15) is 7.43 Å². The van der Waals surface area contributed by atoms with E-state index in [-0.39, 0.29) is 18.0 Å². The van der Waals surface area contributed by atoms with Crippen LogP contribution in [-0.4, -0.2) is 8.42 Å². The van der Waals surface area contributed by atoms with Crippen molar-refractivity contribution >= 4 is 21.4 Å². The molecule has 0 spiro atoms. The predicted octanol–water partition coefficient (Wildman–Crippen LogP) is 1.80. The number of hydrogen-bond donors (Lipinski definition) is 3. The van der Waals surface area contributed by atoms with Crippen molar-refractivity contribution in [2.75, 3.05) is 11.5 Å². The molecule has 102 valence electrons. The molecule has 2 aromatic rings. The Balaban J connectivity index is 0.00000180. The van der Waals surface area contributed by atoms with Crippen molar-refractivity contribution in [3.05, 3.63) is 42.5 Å². The lowest BCUT2D eigenvalue weighted by atomic mass is 10.0. The molecule has 2 aromatic carbocycles. The molecule has 19 heavy (non-hydrogen) atoms. The lowest BCUT2D eigenvalue weighted by Crippen LogP contribution is -2.14. The van der Waals surface area contributed by atoms with Gasteiger partial charge in [0, 0.05) is 5.69 Å². The van der Waals surface area contributed by atoms with E-state index in [0.717, 1.165) is 11.1 Å². The smallest absolute Gasteiger partial charge is 0.240 e. The molecule has 5 nitrogen and oxygen atoms in total. The second-order valence-electron chi connectivity index (χ2n) is 3.92. The Kier molecular flexibility index (Phi) is 4.18. The van der Waals surface area contributed by atoms with Crippen LogP contribution in [0.25, 0.3) is 11.1 Å². The summed E-state index contributed by atoms with van der Waals surface area (Å²) < 4.78 is 22.5. The van der Waals surface area contributed by atoms with Gasteiger partial charge in [0.2, 0.25) is 10.0 Å². The lowest BCUT2D eigenvalue weighted by molar-refractivity contribution is 0.598. The highest BCUT2D eigenvalue weighted by atomic mass is 32.2. The highest BCUT2D eigenvalue weighted by Crippen LogP contribution is 2.26. The summed E-state index contributed by atoms with van der Waals surface area (Å²) in [5, 5.41) is 5.04. The van der Waals surface area contributed by atoms with Gasteiger partial charge < -0.3 is 11.5 Å². The van der Waals surface area contributed by atoms with Crippen molar-refractivity contribution in [1.82, 2.24) is 0 Å². The Labute approximate surface area is 113 Å². The molecule has 0 heterocycles. The fraction of sp³-hybridized carbons (Fsp3) is 0.0769. The second kappa shape index (κ2) is 5.29. The van der Waals surface area contributed by atoms with E-state index in [1.54, 1.807) is 24.3 Å². The van der Waals surface area contributed by atoms with Gasteiger partial charge in [-0.3, -0.25) is 0 Å². The largest absolute Gasteiger partial charge is 0.399 e. The topological polar surface area (TPSA) is 112 Å². The van der Waals surface area contributed by atoms with Gasteiger partial charge in [-0.1, -0.05) is 25.6 Å². The Morgan fingerprint density at radius 2 is 1.37 bits per heavy atom. The third kappa shape index (κ3) is 3.24. The number of nitrogens with two attached hydrogens (primary N) is 3. The van der Waals surface area contributed by atoms with Gasteiger partial charge in [0.15, 0.2) is 0 Å². The van der Waals surface area contributed by atoms with Crippen LogP contribution in [0.5, 0.6) is 0 Å². The summed E-state index contributed by atoms with van der Waals surface area (Å²) in [6.45, 7) is 0. The van der Waals surface area contributed by atoms with E-state index in [4.69, 9.17) is 16.6 Å². The monoisotopic (exact) mass is 279 g/mol. The normalized spacial score (nSPS) is 10.8. The minimum atomic E-state index is -3.78. The second-order valence-corrected chi connectivity index (χ2v) is 5.45. The van der Waals surface area contributed by atoms with Gasteiger partial charge in [-0.15, -0.1) is 0 Å². The van der Waals surface area contributed by atoms with Crippen molar-refractivity contribution in [1.29, 1.82) is 0 Å². The maximum absolute atomic E-state index is 11.2. The molecule has 0 unspecified atom stereocenters. The Hall–Kier alpha value is -2.05. The van der Waals surface area contributed by atoms with E-state index in [2.05, 4.69) is 0 Å². The van der Waals surface area contributed by atoms with Crippen molar-refractivity contribution in [2.45, 2.75) is 12.3 Å². The molecule has 6 heteroatoms. The van der Waals surface area contributed by atoms with Gasteiger partial charge in [0.25, 0.3) is 0 Å². The maximum atomic E-state index is 11.2. The highest BCUT2D eigenvalue weighted by Gasteiger charge is 2.12. The summed E-state index contributed by atoms with van der Waals surface area (Å²) in [6.07, 6.45) is 0. The zero-order valence-electron chi connectivity index (χ0n) is 9.50. The highest BCUT2D eigenvalue weighted by molar-refractivity contribution is 7.89. The van der Waals surface area contributed by atoms with Crippen molar-refractivity contribution in [3.8, 4) is 11.1 Å². The summed E-state index contributed by atoms with van der Waals surface area (Å²) in [7, 11) is -3.78. The van der Waals surface area contributed by atoms with E-state index in [0.29, 0.717) is 5.69 Å². The minimum absolute atomic E-state index is 0. The van der Waals surface area contributed by atoms with Crippen LogP contribution in [0.4, 0.5) is 11.4 Å². The average molecular weight is 279 g/mol. The van der Waals surface area contributed by atoms with Gasteiger partial charge in [-0.25, -0.2) is 13.6 Å². The van der Waals surface area contributed by atoms with E-state index >= 15 is 0 Å². The first-order valence-corrected chi connectivity index (χ1v) is 6.71. The third-order valence-corrected chi connectivity index (χ3v) is 3.55. The first-order valence-electron chi connectivity index (χ1n) is 5.16. The van der Waals surface area contributed by atoms with Gasteiger partial charge in [0.05, 0.1) is 5.69 Å². The molecule has 0 aliphatic rings. The van der Waals surface area contributed by atoms with Crippen molar-refractivity contribution in [2.24, 2.45) is 5.14 Å². The molecular formula is C13H17N3O2S. The minimum Gasteiger partial charge on any atom is -0.399 e. The van der Waals surface area contributed by atoms with Crippen molar-refractivity contribution < 1.29 is 8.42 Å². The molecule has 0 atom stereocenters. The summed E-state index contributed by atoms with van der Waals surface area (Å²) in [5.41, 5.74) is 13.8. The van der Waals surface area contributed by atoms with Crippen molar-refractivity contribution in [3.63, 3.8) is 0 Å². The average Bonchev–Trinajstić information content (AvgIpc) is 2.28. The Morgan fingerprint density at radius 1 is 0.842 bits per heavy atom. The molecule has 0 radical (unpaired) electrons. The fourth-order valence-electron chi connectivity index (χ4n) is 1.66. The van der Waals surface area contributed by atoms with Crippen LogP contribution in [-0.2, 0) is 10.0 Å². The van der Waals surface area contributed by atoms with E-state index in [1.165, 1.54) is 6.07 Å². The predicted molar refractivity (Wildman–Crippen MR) is 78.8 cm³/mol. The SMILES string of the molecule is C.Nc1ccc(-c2ccc(S(N)(=O)=O)c(N)c2)cc1. The number of anilines is 2. The fourth-order valence-corrected chi connectivity index (χ4v) is 2.31. The molecule has 0 aliphatic carbocycles. The van der Waals surface area contributed by atoms with Gasteiger partial charge >= 0.3 is 0 Å². The van der Waals surface area contributed by atoms with Crippen LogP contribution < -0.4 is 16.6 Å². The van der Waals surface area contributed by atoms with Gasteiger partial charge in [-0.2, -0.15) is 0 Å². The summed E-state index contributed by atoms with van der Waals surface area (Å²) >= 11 is 0. The molecule has 0 saturated heterocycles. The van der Waals surface area contributed by atoms with E-state index in [9.17, 15) is 8.42 Å². The first kappa shape index (κ1) is 15.0. The summed E-state index contributed by atoms with van der Waals surface area (Å²) in [4.78, 5) is -0.0679. The summed E-state index contributed by atoms with van der Waals surface area (Å²) in [6, 6.07) is 11.8. The molecule has 6 N–H and O–H groups in total. The Bertz CT molecular complexity index is 680. The third-order valence-electron chi connectivity index (χ3n) is 2.56. The number of primary sulfonamides is 1. The molecule has 0 aliphatic heterocycles. The van der Waals surface area contributed by atoms with Crippen LogP contribution >= 0.6 is 0 Å². The molecular weight excluding hydrogens is 262 g/mol. The van der Waals surface area contributed by atoms with Crippen LogP contribution in [0.3, 0.4) is 0 Å². The molecule has 2 rings (SSSR count). The zero-order chi connectivity index (χ0) is 13.3. The lowest BCUT2D eigenvalue weighted by Gasteiger charge is -2.07. The number of sulfonamides is 1. The van der Waals surface area contributed by atoms with Crippen LogP contribution in [0.15, 0.2) is 47.4 Å². The number of benzene rings is 2.